The zero-order chi connectivity index (χ0) is 14.2. The molecule has 1 saturated heterocycles. The minimum Gasteiger partial charge on any atom is -0.395 e. The molecule has 1 aromatic rings. The Bertz CT molecular complexity index is 400. The van der Waals surface area contributed by atoms with Crippen LogP contribution in [0.2, 0.25) is 0 Å². The zero-order valence-corrected chi connectivity index (χ0v) is 11.9. The van der Waals surface area contributed by atoms with Crippen molar-refractivity contribution in [3.05, 3.63) is 35.9 Å². The number of hydrogen-bond donors (Lipinski definition) is 2. The highest BCUT2D eigenvalue weighted by Crippen LogP contribution is 2.21. The molecule has 0 aromatic heterocycles. The molecule has 0 saturated carbocycles. The van der Waals surface area contributed by atoms with Crippen molar-refractivity contribution in [2.45, 2.75) is 19.3 Å². The molecule has 1 aliphatic rings. The van der Waals surface area contributed by atoms with E-state index in [-0.39, 0.29) is 12.5 Å². The van der Waals surface area contributed by atoms with Gasteiger partial charge in [-0.1, -0.05) is 30.3 Å². The molecule has 0 atom stereocenters. The van der Waals surface area contributed by atoms with Crippen LogP contribution >= 0.6 is 0 Å². The van der Waals surface area contributed by atoms with E-state index in [9.17, 15) is 4.79 Å². The Morgan fingerprint density at radius 3 is 2.60 bits per heavy atom. The second-order valence-corrected chi connectivity index (χ2v) is 5.48. The van der Waals surface area contributed by atoms with Crippen LogP contribution in [0.3, 0.4) is 0 Å². The maximum Gasteiger partial charge on any atom is 0.234 e. The van der Waals surface area contributed by atoms with E-state index in [0.717, 1.165) is 38.3 Å². The molecular formula is C16H24N2O2. The van der Waals surface area contributed by atoms with Gasteiger partial charge >= 0.3 is 0 Å². The van der Waals surface area contributed by atoms with Crippen molar-refractivity contribution >= 4 is 5.91 Å². The first-order chi connectivity index (χ1) is 9.78. The Morgan fingerprint density at radius 1 is 1.25 bits per heavy atom. The van der Waals surface area contributed by atoms with Gasteiger partial charge in [0.2, 0.25) is 5.91 Å². The summed E-state index contributed by atoms with van der Waals surface area (Å²) in [6.45, 7) is 2.79. The standard InChI is InChI=1S/C16H24N2O2/c19-11-8-17-16(20)13-18-9-6-15(7-10-18)12-14-4-2-1-3-5-14/h1-5,15,19H,6-13H2,(H,17,20). The maximum atomic E-state index is 11.6. The number of nitrogens with zero attached hydrogens (tertiary/aromatic N) is 1. The molecule has 1 aliphatic heterocycles. The molecule has 20 heavy (non-hydrogen) atoms. The minimum atomic E-state index is 0.00485. The molecule has 0 radical (unpaired) electrons. The number of piperidine rings is 1. The number of benzene rings is 1. The van der Waals surface area contributed by atoms with E-state index >= 15 is 0 Å². The van der Waals surface area contributed by atoms with Crippen molar-refractivity contribution in [1.82, 2.24) is 10.2 Å². The lowest BCUT2D eigenvalue weighted by Gasteiger charge is -2.31. The summed E-state index contributed by atoms with van der Waals surface area (Å²) in [5, 5.41) is 11.4. The summed E-state index contributed by atoms with van der Waals surface area (Å²) in [7, 11) is 0. The van der Waals surface area contributed by atoms with Gasteiger partial charge in [-0.05, 0) is 43.8 Å². The van der Waals surface area contributed by atoms with Gasteiger partial charge in [-0.3, -0.25) is 9.69 Å². The van der Waals surface area contributed by atoms with E-state index < -0.39 is 0 Å². The number of amides is 1. The molecule has 0 unspecified atom stereocenters. The number of hydrogen-bond acceptors (Lipinski definition) is 3. The number of aliphatic hydroxyl groups is 1. The van der Waals surface area contributed by atoms with Gasteiger partial charge in [-0.2, -0.15) is 0 Å². The van der Waals surface area contributed by atoms with E-state index in [0.29, 0.717) is 13.1 Å². The number of nitrogens with one attached hydrogen (secondary N) is 1. The van der Waals surface area contributed by atoms with E-state index in [4.69, 9.17) is 5.11 Å². The van der Waals surface area contributed by atoms with Crippen LogP contribution in [0.5, 0.6) is 0 Å². The summed E-state index contributed by atoms with van der Waals surface area (Å²) in [6, 6.07) is 10.6. The highest BCUT2D eigenvalue weighted by atomic mass is 16.3. The van der Waals surface area contributed by atoms with Crippen molar-refractivity contribution in [3.8, 4) is 0 Å². The SMILES string of the molecule is O=C(CN1CCC(Cc2ccccc2)CC1)NCCO. The fourth-order valence-corrected chi connectivity index (χ4v) is 2.75. The van der Waals surface area contributed by atoms with Gasteiger partial charge in [0.15, 0.2) is 0 Å². The van der Waals surface area contributed by atoms with Crippen LogP contribution < -0.4 is 5.32 Å². The molecule has 0 spiro atoms. The van der Waals surface area contributed by atoms with Crippen molar-refractivity contribution in [2.75, 3.05) is 32.8 Å². The second kappa shape index (κ2) is 8.02. The Hall–Kier alpha value is -1.39. The number of carbonyl (C=O) groups excluding carboxylic acids is 1. The van der Waals surface area contributed by atoms with Crippen LogP contribution in [0.4, 0.5) is 0 Å². The smallest absolute Gasteiger partial charge is 0.234 e. The lowest BCUT2D eigenvalue weighted by molar-refractivity contribution is -0.122. The molecule has 4 heteroatoms. The lowest BCUT2D eigenvalue weighted by Crippen LogP contribution is -2.42. The monoisotopic (exact) mass is 276 g/mol. The van der Waals surface area contributed by atoms with Gasteiger partial charge in [0.05, 0.1) is 13.2 Å². The summed E-state index contributed by atoms with van der Waals surface area (Å²) in [6.07, 6.45) is 3.45. The molecule has 0 bridgehead atoms. The molecular weight excluding hydrogens is 252 g/mol. The first-order valence-electron chi connectivity index (χ1n) is 7.42. The molecule has 2 rings (SSSR count). The molecule has 0 aliphatic carbocycles. The zero-order valence-electron chi connectivity index (χ0n) is 11.9. The van der Waals surface area contributed by atoms with Crippen LogP contribution in [0.1, 0.15) is 18.4 Å². The second-order valence-electron chi connectivity index (χ2n) is 5.48. The Kier molecular flexibility index (Phi) is 6.02. The fraction of sp³-hybridized carbons (Fsp3) is 0.562. The predicted octanol–water partition coefficient (Wildman–Crippen LogP) is 1.05. The summed E-state index contributed by atoms with van der Waals surface area (Å²) in [4.78, 5) is 13.8. The number of aliphatic hydroxyl groups excluding tert-OH is 1. The van der Waals surface area contributed by atoms with Crippen LogP contribution in [-0.4, -0.2) is 48.7 Å². The van der Waals surface area contributed by atoms with E-state index in [1.54, 1.807) is 0 Å². The van der Waals surface area contributed by atoms with Crippen molar-refractivity contribution in [3.63, 3.8) is 0 Å². The maximum absolute atomic E-state index is 11.6. The molecule has 1 heterocycles. The Morgan fingerprint density at radius 2 is 1.95 bits per heavy atom. The van der Waals surface area contributed by atoms with Gasteiger partial charge in [0, 0.05) is 6.54 Å². The van der Waals surface area contributed by atoms with Crippen molar-refractivity contribution in [1.29, 1.82) is 0 Å². The molecule has 2 N–H and O–H groups in total. The summed E-state index contributed by atoms with van der Waals surface area (Å²) in [5.41, 5.74) is 1.41. The minimum absolute atomic E-state index is 0.00485. The Balaban J connectivity index is 1.68. The summed E-state index contributed by atoms with van der Waals surface area (Å²) >= 11 is 0. The van der Waals surface area contributed by atoms with E-state index in [1.807, 2.05) is 0 Å². The topological polar surface area (TPSA) is 52.6 Å². The Labute approximate surface area is 120 Å². The highest BCUT2D eigenvalue weighted by molar-refractivity contribution is 5.77. The third-order valence-corrected chi connectivity index (χ3v) is 3.88. The van der Waals surface area contributed by atoms with Gasteiger partial charge in [-0.25, -0.2) is 0 Å². The average molecular weight is 276 g/mol. The van der Waals surface area contributed by atoms with Crippen LogP contribution in [0.25, 0.3) is 0 Å². The van der Waals surface area contributed by atoms with Crippen molar-refractivity contribution < 1.29 is 9.90 Å². The van der Waals surface area contributed by atoms with Gasteiger partial charge < -0.3 is 10.4 Å². The number of carbonyl (C=O) groups is 1. The van der Waals surface area contributed by atoms with E-state index in [1.165, 1.54) is 5.56 Å². The average Bonchev–Trinajstić information content (AvgIpc) is 2.48. The third-order valence-electron chi connectivity index (χ3n) is 3.88. The fourth-order valence-electron chi connectivity index (χ4n) is 2.75. The predicted molar refractivity (Wildman–Crippen MR) is 79.4 cm³/mol. The van der Waals surface area contributed by atoms with Crippen LogP contribution in [-0.2, 0) is 11.2 Å². The molecule has 4 nitrogen and oxygen atoms in total. The largest absolute Gasteiger partial charge is 0.395 e. The highest BCUT2D eigenvalue weighted by Gasteiger charge is 2.20. The third kappa shape index (κ3) is 4.94. The van der Waals surface area contributed by atoms with Gasteiger partial charge in [0.1, 0.15) is 0 Å². The molecule has 1 fully saturated rings. The molecule has 1 amide bonds. The quantitative estimate of drug-likeness (QED) is 0.816. The number of likely N-dealkylation sites (tertiary alicyclic amines) is 1. The first kappa shape index (κ1) is 15.0. The van der Waals surface area contributed by atoms with Gasteiger partial charge in [0.25, 0.3) is 0 Å². The van der Waals surface area contributed by atoms with Gasteiger partial charge in [-0.15, -0.1) is 0 Å². The molecule has 1 aromatic carbocycles. The van der Waals surface area contributed by atoms with Crippen molar-refractivity contribution in [2.24, 2.45) is 5.92 Å². The first-order valence-corrected chi connectivity index (χ1v) is 7.42. The van der Waals surface area contributed by atoms with Crippen LogP contribution in [0, 0.1) is 5.92 Å². The summed E-state index contributed by atoms with van der Waals surface area (Å²) in [5.74, 6) is 0.745. The van der Waals surface area contributed by atoms with Crippen LogP contribution in [0.15, 0.2) is 30.3 Å². The molecule has 110 valence electrons. The number of rotatable bonds is 6. The summed E-state index contributed by atoms with van der Waals surface area (Å²) < 4.78 is 0. The van der Waals surface area contributed by atoms with E-state index in [2.05, 4.69) is 40.5 Å². The normalized spacial score (nSPS) is 17.1. The lowest BCUT2D eigenvalue weighted by atomic mass is 9.90.